The molecule has 1 heterocycles. The molecule has 6 nitrogen and oxygen atoms in total. The Balaban J connectivity index is 1.62. The predicted molar refractivity (Wildman–Crippen MR) is 91.0 cm³/mol. The second-order valence-corrected chi connectivity index (χ2v) is 5.71. The Bertz CT molecular complexity index is 811. The van der Waals surface area contributed by atoms with E-state index in [0.29, 0.717) is 5.82 Å². The topological polar surface area (TPSA) is 72.7 Å². The quantitative estimate of drug-likeness (QED) is 0.784. The number of tetrazole rings is 1. The molecule has 3 aromatic rings. The van der Waals surface area contributed by atoms with Crippen LogP contribution < -0.4 is 5.32 Å². The normalized spacial score (nSPS) is 11.9. The van der Waals surface area contributed by atoms with Crippen molar-refractivity contribution in [1.29, 1.82) is 0 Å². The number of hydrogen-bond donors (Lipinski definition) is 1. The van der Waals surface area contributed by atoms with Gasteiger partial charge in [0, 0.05) is 5.56 Å². The highest BCUT2D eigenvalue weighted by Gasteiger charge is 2.12. The first-order valence-electron chi connectivity index (χ1n) is 7.81. The van der Waals surface area contributed by atoms with E-state index in [4.69, 9.17) is 0 Å². The highest BCUT2D eigenvalue weighted by molar-refractivity contribution is 5.76. The van der Waals surface area contributed by atoms with Crippen molar-refractivity contribution >= 4 is 5.91 Å². The van der Waals surface area contributed by atoms with Gasteiger partial charge in [0.1, 0.15) is 6.54 Å². The summed E-state index contributed by atoms with van der Waals surface area (Å²) in [7, 11) is 0. The molecule has 0 spiro atoms. The van der Waals surface area contributed by atoms with Crippen molar-refractivity contribution in [2.45, 2.75) is 26.4 Å². The minimum Gasteiger partial charge on any atom is -0.348 e. The second kappa shape index (κ2) is 7.04. The van der Waals surface area contributed by atoms with Crippen LogP contribution in [0.3, 0.4) is 0 Å². The van der Waals surface area contributed by atoms with Crippen molar-refractivity contribution < 1.29 is 4.79 Å². The van der Waals surface area contributed by atoms with Crippen LogP contribution >= 0.6 is 0 Å². The molecule has 0 aliphatic carbocycles. The largest absolute Gasteiger partial charge is 0.348 e. The molecular formula is C18H19N5O. The summed E-state index contributed by atoms with van der Waals surface area (Å²) in [5, 5.41) is 15.2. The molecule has 0 radical (unpaired) electrons. The highest BCUT2D eigenvalue weighted by Crippen LogP contribution is 2.14. The minimum absolute atomic E-state index is 0.0377. The van der Waals surface area contributed by atoms with E-state index in [1.807, 2.05) is 68.4 Å². The van der Waals surface area contributed by atoms with Crippen LogP contribution in [-0.4, -0.2) is 26.1 Å². The van der Waals surface area contributed by atoms with E-state index in [1.54, 1.807) is 0 Å². The van der Waals surface area contributed by atoms with Crippen molar-refractivity contribution in [3.8, 4) is 11.4 Å². The van der Waals surface area contributed by atoms with Crippen LogP contribution in [0.25, 0.3) is 11.4 Å². The monoisotopic (exact) mass is 321 g/mol. The van der Waals surface area contributed by atoms with Crippen molar-refractivity contribution in [1.82, 2.24) is 25.5 Å². The zero-order chi connectivity index (χ0) is 16.9. The third-order valence-corrected chi connectivity index (χ3v) is 3.72. The van der Waals surface area contributed by atoms with E-state index in [1.165, 1.54) is 10.4 Å². The van der Waals surface area contributed by atoms with E-state index < -0.39 is 0 Å². The Morgan fingerprint density at radius 3 is 2.54 bits per heavy atom. The molecule has 0 aliphatic heterocycles. The highest BCUT2D eigenvalue weighted by atomic mass is 16.2. The maximum absolute atomic E-state index is 12.1. The van der Waals surface area contributed by atoms with E-state index in [-0.39, 0.29) is 18.5 Å². The number of carbonyl (C=O) groups is 1. The first-order chi connectivity index (χ1) is 11.6. The Morgan fingerprint density at radius 2 is 1.83 bits per heavy atom. The van der Waals surface area contributed by atoms with Gasteiger partial charge in [0.25, 0.3) is 0 Å². The summed E-state index contributed by atoms with van der Waals surface area (Å²) in [6.45, 7) is 4.00. The van der Waals surface area contributed by atoms with Gasteiger partial charge in [0.15, 0.2) is 0 Å². The lowest BCUT2D eigenvalue weighted by atomic mass is 10.1. The van der Waals surface area contributed by atoms with E-state index in [0.717, 1.165) is 11.1 Å². The van der Waals surface area contributed by atoms with Gasteiger partial charge >= 0.3 is 0 Å². The van der Waals surface area contributed by atoms with E-state index >= 15 is 0 Å². The number of amides is 1. The number of aromatic nitrogens is 4. The van der Waals surface area contributed by atoms with E-state index in [2.05, 4.69) is 20.7 Å². The van der Waals surface area contributed by atoms with Gasteiger partial charge in [-0.25, -0.2) is 0 Å². The molecule has 0 saturated heterocycles. The number of hydrogen-bond acceptors (Lipinski definition) is 4. The van der Waals surface area contributed by atoms with Crippen LogP contribution in [0.2, 0.25) is 0 Å². The molecule has 6 heteroatoms. The molecule has 3 rings (SSSR count). The number of nitrogens with zero attached hydrogens (tertiary/aromatic N) is 4. The molecule has 0 fully saturated rings. The molecule has 1 atom stereocenters. The Morgan fingerprint density at radius 1 is 1.12 bits per heavy atom. The smallest absolute Gasteiger partial charge is 0.244 e. The van der Waals surface area contributed by atoms with Gasteiger partial charge in [-0.15, -0.1) is 10.2 Å². The number of benzene rings is 2. The fourth-order valence-electron chi connectivity index (χ4n) is 2.37. The molecule has 0 aliphatic rings. The predicted octanol–water partition coefficient (Wildman–Crippen LogP) is 2.53. The lowest BCUT2D eigenvalue weighted by Gasteiger charge is -2.13. The zero-order valence-corrected chi connectivity index (χ0v) is 13.7. The lowest BCUT2D eigenvalue weighted by molar-refractivity contribution is -0.122. The lowest BCUT2D eigenvalue weighted by Crippen LogP contribution is -2.30. The van der Waals surface area contributed by atoms with Crippen molar-refractivity contribution in [3.63, 3.8) is 0 Å². The summed E-state index contributed by atoms with van der Waals surface area (Å²) in [5.41, 5.74) is 3.10. The fraction of sp³-hybridized carbons (Fsp3) is 0.222. The summed E-state index contributed by atoms with van der Waals surface area (Å²) in [6.07, 6.45) is 0. The third-order valence-electron chi connectivity index (χ3n) is 3.72. The van der Waals surface area contributed by atoms with Crippen LogP contribution in [0.5, 0.6) is 0 Å². The maximum atomic E-state index is 12.1. The Labute approximate surface area is 140 Å². The molecule has 2 aromatic carbocycles. The van der Waals surface area contributed by atoms with Crippen molar-refractivity contribution in [3.05, 3.63) is 65.7 Å². The van der Waals surface area contributed by atoms with E-state index in [9.17, 15) is 4.79 Å². The molecule has 0 saturated carbocycles. The molecule has 0 bridgehead atoms. The molecule has 1 aromatic heterocycles. The Kier molecular flexibility index (Phi) is 4.65. The molecule has 0 unspecified atom stereocenters. The second-order valence-electron chi connectivity index (χ2n) is 5.71. The van der Waals surface area contributed by atoms with Gasteiger partial charge < -0.3 is 5.32 Å². The molecule has 1 N–H and O–H groups in total. The van der Waals surface area contributed by atoms with Gasteiger partial charge in [0.2, 0.25) is 11.7 Å². The summed E-state index contributed by atoms with van der Waals surface area (Å²) >= 11 is 0. The van der Waals surface area contributed by atoms with Crippen LogP contribution in [0.1, 0.15) is 24.1 Å². The number of rotatable bonds is 5. The van der Waals surface area contributed by atoms with Crippen LogP contribution in [0.4, 0.5) is 0 Å². The van der Waals surface area contributed by atoms with Crippen molar-refractivity contribution in [2.24, 2.45) is 0 Å². The third kappa shape index (κ3) is 3.84. The first kappa shape index (κ1) is 15.9. The first-order valence-corrected chi connectivity index (χ1v) is 7.81. The Hall–Kier alpha value is -3.02. The minimum atomic E-state index is -0.154. The van der Waals surface area contributed by atoms with Crippen LogP contribution in [0, 0.1) is 6.92 Å². The van der Waals surface area contributed by atoms with Crippen molar-refractivity contribution in [2.75, 3.05) is 0 Å². The zero-order valence-electron chi connectivity index (χ0n) is 13.7. The summed E-state index contributed by atoms with van der Waals surface area (Å²) < 4.78 is 0. The summed E-state index contributed by atoms with van der Waals surface area (Å²) in [5.74, 6) is 0.359. The SMILES string of the molecule is Cc1ccc(-c2nnn(CC(=O)N[C@@H](C)c3ccccc3)n2)cc1. The number of nitrogens with one attached hydrogen (secondary N) is 1. The number of carbonyl (C=O) groups excluding carboxylic acids is 1. The average molecular weight is 321 g/mol. The van der Waals surface area contributed by atoms with Crippen LogP contribution in [0.15, 0.2) is 54.6 Å². The average Bonchev–Trinajstić information content (AvgIpc) is 3.04. The standard InChI is InChI=1S/C18H19N5O/c1-13-8-10-16(11-9-13)18-20-22-23(21-18)12-17(24)19-14(2)15-6-4-3-5-7-15/h3-11,14H,12H2,1-2H3,(H,19,24)/t14-/m0/s1. The van der Waals surface area contributed by atoms with Gasteiger partial charge in [-0.1, -0.05) is 60.2 Å². The van der Waals surface area contributed by atoms with Gasteiger partial charge in [-0.3, -0.25) is 4.79 Å². The van der Waals surface area contributed by atoms with Gasteiger partial charge in [-0.2, -0.15) is 4.80 Å². The molecule has 24 heavy (non-hydrogen) atoms. The molecule has 1 amide bonds. The van der Waals surface area contributed by atoms with Gasteiger partial charge in [-0.05, 0) is 24.6 Å². The van der Waals surface area contributed by atoms with Gasteiger partial charge in [0.05, 0.1) is 6.04 Å². The summed E-state index contributed by atoms with van der Waals surface area (Å²) in [6, 6.07) is 17.6. The maximum Gasteiger partial charge on any atom is 0.244 e. The van der Waals surface area contributed by atoms with Crippen LogP contribution in [-0.2, 0) is 11.3 Å². The molecular weight excluding hydrogens is 302 g/mol. The molecule has 122 valence electrons. The fourth-order valence-corrected chi connectivity index (χ4v) is 2.37. The summed E-state index contributed by atoms with van der Waals surface area (Å²) in [4.78, 5) is 13.5. The number of aryl methyl sites for hydroxylation is 1.